The molecule has 28 heavy (non-hydrogen) atoms. The van der Waals surface area contributed by atoms with Crippen molar-refractivity contribution in [2.75, 3.05) is 13.7 Å². The molecular weight excluding hydrogens is 372 g/mol. The Kier molecular flexibility index (Phi) is 7.09. The van der Waals surface area contributed by atoms with Crippen LogP contribution in [0.4, 0.5) is 0 Å². The summed E-state index contributed by atoms with van der Waals surface area (Å²) < 4.78 is 5.57. The second-order valence-electron chi connectivity index (χ2n) is 7.07. The number of carbonyl (C=O) groups is 2. The molecule has 0 saturated carbocycles. The van der Waals surface area contributed by atoms with Gasteiger partial charge >= 0.3 is 0 Å². The number of likely N-dealkylation sites (tertiary alicyclic amines) is 1. The molecule has 0 aliphatic carbocycles. The zero-order valence-corrected chi connectivity index (χ0v) is 17.3. The summed E-state index contributed by atoms with van der Waals surface area (Å²) in [5, 5.41) is 5.08. The standard InChI is InChI=1S/C22H28N2O3S/c1-3-4-13-24-20(25)12-11-18(22(26)23-15-16-8-7-14-28-16)21(24)17-9-5-6-10-19(17)27-2/h5-10,14,18,21H,3-4,11-13,15H2,1-2H3,(H,23,26). The van der Waals surface area contributed by atoms with Crippen LogP contribution in [0.5, 0.6) is 5.75 Å². The van der Waals surface area contributed by atoms with E-state index in [1.165, 1.54) is 0 Å². The van der Waals surface area contributed by atoms with Crippen molar-refractivity contribution >= 4 is 23.2 Å². The smallest absolute Gasteiger partial charge is 0.225 e. The quantitative estimate of drug-likeness (QED) is 0.724. The topological polar surface area (TPSA) is 58.6 Å². The van der Waals surface area contributed by atoms with Crippen LogP contribution in [0.3, 0.4) is 0 Å². The Morgan fingerprint density at radius 3 is 2.82 bits per heavy atom. The number of nitrogens with zero attached hydrogens (tertiary/aromatic N) is 1. The first-order chi connectivity index (χ1) is 13.7. The van der Waals surface area contributed by atoms with Gasteiger partial charge < -0.3 is 15.0 Å². The average Bonchev–Trinajstić information content (AvgIpc) is 3.24. The SMILES string of the molecule is CCCCN1C(=O)CCC(C(=O)NCc2cccs2)C1c1ccccc1OC. The number of benzene rings is 1. The Morgan fingerprint density at radius 2 is 2.11 bits per heavy atom. The summed E-state index contributed by atoms with van der Waals surface area (Å²) in [4.78, 5) is 28.9. The summed E-state index contributed by atoms with van der Waals surface area (Å²) in [7, 11) is 1.63. The molecule has 2 amide bonds. The van der Waals surface area contributed by atoms with Crippen LogP contribution in [-0.4, -0.2) is 30.4 Å². The van der Waals surface area contributed by atoms with Crippen molar-refractivity contribution < 1.29 is 14.3 Å². The van der Waals surface area contributed by atoms with Crippen molar-refractivity contribution in [3.05, 3.63) is 52.2 Å². The van der Waals surface area contributed by atoms with Gasteiger partial charge in [0.25, 0.3) is 0 Å². The second kappa shape index (κ2) is 9.73. The summed E-state index contributed by atoms with van der Waals surface area (Å²) >= 11 is 1.63. The maximum atomic E-state index is 13.1. The lowest BCUT2D eigenvalue weighted by atomic mass is 9.83. The van der Waals surface area contributed by atoms with Crippen LogP contribution in [0.25, 0.3) is 0 Å². The molecule has 6 heteroatoms. The van der Waals surface area contributed by atoms with Gasteiger partial charge in [-0.3, -0.25) is 9.59 Å². The van der Waals surface area contributed by atoms with E-state index in [0.29, 0.717) is 25.9 Å². The molecule has 1 aliphatic rings. The van der Waals surface area contributed by atoms with E-state index in [4.69, 9.17) is 4.74 Å². The number of amides is 2. The highest BCUT2D eigenvalue weighted by Gasteiger charge is 2.41. The van der Waals surface area contributed by atoms with Crippen molar-refractivity contribution in [1.82, 2.24) is 10.2 Å². The number of hydrogen-bond acceptors (Lipinski definition) is 4. The molecular formula is C22H28N2O3S. The number of unbranched alkanes of at least 4 members (excludes halogenated alkanes) is 1. The van der Waals surface area contributed by atoms with Crippen LogP contribution in [0.15, 0.2) is 41.8 Å². The molecule has 1 aromatic heterocycles. The Morgan fingerprint density at radius 1 is 1.29 bits per heavy atom. The number of nitrogens with one attached hydrogen (secondary N) is 1. The summed E-state index contributed by atoms with van der Waals surface area (Å²) in [6.07, 6.45) is 2.88. The van der Waals surface area contributed by atoms with Crippen LogP contribution in [0, 0.1) is 5.92 Å². The highest BCUT2D eigenvalue weighted by Crippen LogP contribution is 2.40. The fraction of sp³-hybridized carbons (Fsp3) is 0.455. The molecule has 0 spiro atoms. The number of carbonyl (C=O) groups excluding carboxylic acids is 2. The summed E-state index contributed by atoms with van der Waals surface area (Å²) in [6, 6.07) is 11.4. The van der Waals surface area contributed by atoms with Crippen molar-refractivity contribution in [2.45, 2.75) is 45.2 Å². The third-order valence-electron chi connectivity index (χ3n) is 5.27. The van der Waals surface area contributed by atoms with E-state index in [1.807, 2.05) is 46.7 Å². The molecule has 0 bridgehead atoms. The predicted octanol–water partition coefficient (Wildman–Crippen LogP) is 4.15. The number of piperidine rings is 1. The van der Waals surface area contributed by atoms with Crippen LogP contribution in [0.2, 0.25) is 0 Å². The first kappa shape index (κ1) is 20.4. The third-order valence-corrected chi connectivity index (χ3v) is 6.15. The molecule has 2 unspecified atom stereocenters. The molecule has 3 rings (SSSR count). The highest BCUT2D eigenvalue weighted by atomic mass is 32.1. The lowest BCUT2D eigenvalue weighted by molar-refractivity contribution is -0.143. The molecule has 1 aromatic carbocycles. The minimum Gasteiger partial charge on any atom is -0.496 e. The lowest BCUT2D eigenvalue weighted by Crippen LogP contribution is -2.48. The normalized spacial score (nSPS) is 19.5. The van der Waals surface area contributed by atoms with Crippen LogP contribution < -0.4 is 10.1 Å². The van der Waals surface area contributed by atoms with E-state index in [2.05, 4.69) is 12.2 Å². The van der Waals surface area contributed by atoms with Gasteiger partial charge in [-0.2, -0.15) is 0 Å². The molecule has 150 valence electrons. The fourth-order valence-electron chi connectivity index (χ4n) is 3.83. The van der Waals surface area contributed by atoms with Crippen LogP contribution in [-0.2, 0) is 16.1 Å². The Balaban J connectivity index is 1.89. The maximum absolute atomic E-state index is 13.1. The fourth-order valence-corrected chi connectivity index (χ4v) is 4.48. The minimum absolute atomic E-state index is 0.00157. The Bertz CT molecular complexity index is 791. The molecule has 1 N–H and O–H groups in total. The van der Waals surface area contributed by atoms with E-state index in [1.54, 1.807) is 18.4 Å². The van der Waals surface area contributed by atoms with Gasteiger partial charge in [-0.15, -0.1) is 11.3 Å². The summed E-state index contributed by atoms with van der Waals surface area (Å²) in [5.74, 6) is 0.551. The van der Waals surface area contributed by atoms with E-state index >= 15 is 0 Å². The Labute approximate surface area is 170 Å². The summed E-state index contributed by atoms with van der Waals surface area (Å²) in [5.41, 5.74) is 0.908. The van der Waals surface area contributed by atoms with Gasteiger partial charge in [0.05, 0.1) is 25.6 Å². The highest BCUT2D eigenvalue weighted by molar-refractivity contribution is 7.09. The van der Waals surface area contributed by atoms with E-state index in [9.17, 15) is 9.59 Å². The molecule has 1 aliphatic heterocycles. The van der Waals surface area contributed by atoms with Gasteiger partial charge in [0, 0.05) is 23.4 Å². The molecule has 2 heterocycles. The van der Waals surface area contributed by atoms with Gasteiger partial charge in [-0.1, -0.05) is 37.6 Å². The van der Waals surface area contributed by atoms with E-state index in [0.717, 1.165) is 29.0 Å². The first-order valence-electron chi connectivity index (χ1n) is 9.88. The molecule has 2 atom stereocenters. The number of para-hydroxylation sites is 1. The monoisotopic (exact) mass is 400 g/mol. The van der Waals surface area contributed by atoms with Crippen molar-refractivity contribution in [2.24, 2.45) is 5.92 Å². The van der Waals surface area contributed by atoms with Gasteiger partial charge in [-0.05, 0) is 30.4 Å². The van der Waals surface area contributed by atoms with E-state index < -0.39 is 0 Å². The van der Waals surface area contributed by atoms with Crippen molar-refractivity contribution in [1.29, 1.82) is 0 Å². The zero-order chi connectivity index (χ0) is 19.9. The molecule has 2 aromatic rings. The first-order valence-corrected chi connectivity index (χ1v) is 10.8. The van der Waals surface area contributed by atoms with Crippen LogP contribution in [0.1, 0.15) is 49.1 Å². The minimum atomic E-state index is -0.299. The van der Waals surface area contributed by atoms with Gasteiger partial charge in [0.15, 0.2) is 0 Å². The number of rotatable bonds is 8. The molecule has 0 radical (unpaired) electrons. The maximum Gasteiger partial charge on any atom is 0.225 e. The van der Waals surface area contributed by atoms with E-state index in [-0.39, 0.29) is 23.8 Å². The van der Waals surface area contributed by atoms with Gasteiger partial charge in [-0.25, -0.2) is 0 Å². The molecule has 1 saturated heterocycles. The number of methoxy groups -OCH3 is 1. The second-order valence-corrected chi connectivity index (χ2v) is 8.10. The largest absolute Gasteiger partial charge is 0.496 e. The molecule has 1 fully saturated rings. The van der Waals surface area contributed by atoms with Crippen LogP contribution >= 0.6 is 11.3 Å². The Hall–Kier alpha value is -2.34. The predicted molar refractivity (Wildman–Crippen MR) is 111 cm³/mol. The van der Waals surface area contributed by atoms with Gasteiger partial charge in [0.1, 0.15) is 5.75 Å². The number of ether oxygens (including phenoxy) is 1. The number of hydrogen-bond donors (Lipinski definition) is 1. The lowest BCUT2D eigenvalue weighted by Gasteiger charge is -2.41. The third kappa shape index (κ3) is 4.55. The summed E-state index contributed by atoms with van der Waals surface area (Å²) in [6.45, 7) is 3.29. The zero-order valence-electron chi connectivity index (χ0n) is 16.5. The average molecular weight is 401 g/mol. The molecule has 5 nitrogen and oxygen atoms in total. The van der Waals surface area contributed by atoms with Crippen molar-refractivity contribution in [3.63, 3.8) is 0 Å². The van der Waals surface area contributed by atoms with Gasteiger partial charge in [0.2, 0.25) is 11.8 Å². The van der Waals surface area contributed by atoms with Crippen molar-refractivity contribution in [3.8, 4) is 5.75 Å². The number of thiophene rings is 1.